The highest BCUT2D eigenvalue weighted by Crippen LogP contribution is 2.26. The number of aromatic nitrogens is 3. The molecule has 0 bridgehead atoms. The Morgan fingerprint density at radius 2 is 1.93 bits per heavy atom. The van der Waals surface area contributed by atoms with Crippen molar-refractivity contribution < 1.29 is 9.53 Å². The summed E-state index contributed by atoms with van der Waals surface area (Å²) in [6.45, 7) is 5.92. The predicted molar refractivity (Wildman–Crippen MR) is 119 cm³/mol. The number of amides is 1. The third kappa shape index (κ3) is 5.35. The molecule has 0 spiro atoms. The van der Waals surface area contributed by atoms with Crippen LogP contribution < -0.4 is 10.2 Å². The Bertz CT molecular complexity index is 822. The van der Waals surface area contributed by atoms with Crippen LogP contribution in [0.4, 0.5) is 5.95 Å². The van der Waals surface area contributed by atoms with E-state index in [9.17, 15) is 4.79 Å². The summed E-state index contributed by atoms with van der Waals surface area (Å²) in [6, 6.07) is 10.6. The summed E-state index contributed by atoms with van der Waals surface area (Å²) >= 11 is 1.47. The number of benzene rings is 1. The van der Waals surface area contributed by atoms with Crippen molar-refractivity contribution in [2.45, 2.75) is 50.4 Å². The Morgan fingerprint density at radius 3 is 2.70 bits per heavy atom. The molecule has 7 nitrogen and oxygen atoms in total. The standard InChI is InChI=1S/C22H31N5O2S/c1-17-7-5-6-10-19(17)23-20(28)16-30-22-25-24-21(26-11-13-29-14-12-26)27(22)15-18-8-3-2-4-9-18/h2-4,8-9,17,19H,5-7,10-16H2,1H3,(H,23,28)/t17-,19+/m1/s1. The lowest BCUT2D eigenvalue weighted by Crippen LogP contribution is -2.41. The van der Waals surface area contributed by atoms with Crippen molar-refractivity contribution in [3.8, 4) is 0 Å². The van der Waals surface area contributed by atoms with Crippen molar-refractivity contribution in [2.24, 2.45) is 5.92 Å². The molecule has 1 aromatic heterocycles. The average molecular weight is 430 g/mol. The molecule has 1 saturated carbocycles. The van der Waals surface area contributed by atoms with E-state index in [0.29, 0.717) is 37.5 Å². The third-order valence-electron chi connectivity index (χ3n) is 5.96. The minimum atomic E-state index is 0.0842. The highest BCUT2D eigenvalue weighted by Gasteiger charge is 2.24. The summed E-state index contributed by atoms with van der Waals surface area (Å²) in [5.74, 6) is 1.86. The van der Waals surface area contributed by atoms with Crippen LogP contribution in [0.25, 0.3) is 0 Å². The van der Waals surface area contributed by atoms with Gasteiger partial charge in [0.2, 0.25) is 11.9 Å². The monoisotopic (exact) mass is 429 g/mol. The molecule has 2 aliphatic rings. The van der Waals surface area contributed by atoms with Crippen LogP contribution in [-0.2, 0) is 16.1 Å². The van der Waals surface area contributed by atoms with Crippen molar-refractivity contribution >= 4 is 23.6 Å². The lowest BCUT2D eigenvalue weighted by atomic mass is 9.86. The highest BCUT2D eigenvalue weighted by atomic mass is 32.2. The zero-order valence-electron chi connectivity index (χ0n) is 17.6. The first kappa shape index (κ1) is 21.2. The summed E-state index contributed by atoms with van der Waals surface area (Å²) in [4.78, 5) is 14.8. The van der Waals surface area contributed by atoms with Crippen molar-refractivity contribution in [1.29, 1.82) is 0 Å². The highest BCUT2D eigenvalue weighted by molar-refractivity contribution is 7.99. The second kappa shape index (κ2) is 10.3. The van der Waals surface area contributed by atoms with E-state index in [1.165, 1.54) is 36.6 Å². The second-order valence-corrected chi connectivity index (χ2v) is 9.12. The maximum atomic E-state index is 12.6. The van der Waals surface area contributed by atoms with Crippen molar-refractivity contribution in [2.75, 3.05) is 37.0 Å². The number of hydrogen-bond donors (Lipinski definition) is 1. The lowest BCUT2D eigenvalue weighted by molar-refractivity contribution is -0.119. The molecule has 1 aromatic carbocycles. The number of carbonyl (C=O) groups is 1. The number of rotatable bonds is 7. The van der Waals surface area contributed by atoms with Crippen LogP contribution in [0.1, 0.15) is 38.2 Å². The molecule has 162 valence electrons. The van der Waals surface area contributed by atoms with E-state index in [2.05, 4.69) is 44.0 Å². The molecule has 2 atom stereocenters. The molecule has 30 heavy (non-hydrogen) atoms. The summed E-state index contributed by atoms with van der Waals surface area (Å²) in [5.41, 5.74) is 1.19. The predicted octanol–water partition coefficient (Wildman–Crippen LogP) is 2.95. The Labute approximate surface area is 182 Å². The van der Waals surface area contributed by atoms with Crippen LogP contribution in [0.2, 0.25) is 0 Å². The molecular formula is C22H31N5O2S. The topological polar surface area (TPSA) is 72.3 Å². The van der Waals surface area contributed by atoms with Gasteiger partial charge < -0.3 is 15.0 Å². The Hall–Kier alpha value is -2.06. The normalized spacial score (nSPS) is 22.1. The summed E-state index contributed by atoms with van der Waals surface area (Å²) in [6.07, 6.45) is 4.77. The van der Waals surface area contributed by atoms with E-state index in [4.69, 9.17) is 4.74 Å². The summed E-state index contributed by atoms with van der Waals surface area (Å²) in [7, 11) is 0. The number of hydrogen-bond acceptors (Lipinski definition) is 6. The zero-order valence-corrected chi connectivity index (χ0v) is 18.4. The molecular weight excluding hydrogens is 398 g/mol. The second-order valence-electron chi connectivity index (χ2n) is 8.18. The van der Waals surface area contributed by atoms with Crippen LogP contribution in [-0.4, -0.2) is 58.8 Å². The third-order valence-corrected chi connectivity index (χ3v) is 6.93. The fourth-order valence-electron chi connectivity index (χ4n) is 4.20. The molecule has 4 rings (SSSR count). The maximum Gasteiger partial charge on any atom is 0.230 e. The van der Waals surface area contributed by atoms with Gasteiger partial charge in [-0.1, -0.05) is 61.9 Å². The van der Waals surface area contributed by atoms with Crippen molar-refractivity contribution in [3.05, 3.63) is 35.9 Å². The number of carbonyl (C=O) groups excluding carboxylic acids is 1. The molecule has 2 aromatic rings. The summed E-state index contributed by atoms with van der Waals surface area (Å²) in [5, 5.41) is 12.9. The van der Waals surface area contributed by atoms with E-state index in [1.807, 2.05) is 18.2 Å². The van der Waals surface area contributed by atoms with Gasteiger partial charge in [0.1, 0.15) is 0 Å². The van der Waals surface area contributed by atoms with Gasteiger partial charge in [0.05, 0.1) is 25.5 Å². The molecule has 0 unspecified atom stereocenters. The number of morpholine rings is 1. The first-order valence-corrected chi connectivity index (χ1v) is 11.9. The average Bonchev–Trinajstić information content (AvgIpc) is 3.17. The van der Waals surface area contributed by atoms with Gasteiger partial charge in [-0.15, -0.1) is 10.2 Å². The van der Waals surface area contributed by atoms with Gasteiger partial charge in [-0.3, -0.25) is 9.36 Å². The first-order valence-electron chi connectivity index (χ1n) is 10.9. The molecule has 2 fully saturated rings. The Kier molecular flexibility index (Phi) is 7.28. The zero-order chi connectivity index (χ0) is 20.8. The maximum absolute atomic E-state index is 12.6. The molecule has 1 aliphatic carbocycles. The van der Waals surface area contributed by atoms with E-state index in [-0.39, 0.29) is 5.91 Å². The Morgan fingerprint density at radius 1 is 1.17 bits per heavy atom. The van der Waals surface area contributed by atoms with E-state index < -0.39 is 0 Å². The number of nitrogens with zero attached hydrogens (tertiary/aromatic N) is 4. The van der Waals surface area contributed by atoms with Gasteiger partial charge in [-0.2, -0.15) is 0 Å². The fraction of sp³-hybridized carbons (Fsp3) is 0.591. The molecule has 8 heteroatoms. The van der Waals surface area contributed by atoms with Crippen LogP contribution in [0.15, 0.2) is 35.5 Å². The lowest BCUT2D eigenvalue weighted by Gasteiger charge is -2.29. The Balaban J connectivity index is 1.45. The van der Waals surface area contributed by atoms with E-state index in [0.717, 1.165) is 30.6 Å². The van der Waals surface area contributed by atoms with Gasteiger partial charge in [-0.25, -0.2) is 0 Å². The number of ether oxygens (including phenoxy) is 1. The molecule has 2 heterocycles. The molecule has 1 aliphatic heterocycles. The number of anilines is 1. The van der Waals surface area contributed by atoms with E-state index >= 15 is 0 Å². The number of thioether (sulfide) groups is 1. The first-order chi connectivity index (χ1) is 14.7. The van der Waals surface area contributed by atoms with Crippen LogP contribution in [0, 0.1) is 5.92 Å². The number of nitrogens with one attached hydrogen (secondary N) is 1. The van der Waals surface area contributed by atoms with E-state index in [1.54, 1.807) is 0 Å². The van der Waals surface area contributed by atoms with Gasteiger partial charge in [0, 0.05) is 19.1 Å². The van der Waals surface area contributed by atoms with Crippen molar-refractivity contribution in [1.82, 2.24) is 20.1 Å². The largest absolute Gasteiger partial charge is 0.378 e. The van der Waals surface area contributed by atoms with Gasteiger partial charge in [-0.05, 0) is 24.3 Å². The van der Waals surface area contributed by atoms with Gasteiger partial charge in [0.15, 0.2) is 5.16 Å². The molecule has 0 radical (unpaired) electrons. The van der Waals surface area contributed by atoms with Gasteiger partial charge >= 0.3 is 0 Å². The molecule has 1 saturated heterocycles. The smallest absolute Gasteiger partial charge is 0.230 e. The molecule has 1 amide bonds. The van der Waals surface area contributed by atoms with Crippen LogP contribution in [0.3, 0.4) is 0 Å². The fourth-order valence-corrected chi connectivity index (χ4v) is 4.94. The minimum absolute atomic E-state index is 0.0842. The minimum Gasteiger partial charge on any atom is -0.378 e. The van der Waals surface area contributed by atoms with Crippen LogP contribution >= 0.6 is 11.8 Å². The SMILES string of the molecule is C[C@@H]1CCCC[C@@H]1NC(=O)CSc1nnc(N2CCOCC2)n1Cc1ccccc1. The summed E-state index contributed by atoms with van der Waals surface area (Å²) < 4.78 is 7.62. The molecule has 1 N–H and O–H groups in total. The van der Waals surface area contributed by atoms with Crippen molar-refractivity contribution in [3.63, 3.8) is 0 Å². The van der Waals surface area contributed by atoms with Gasteiger partial charge in [0.25, 0.3) is 0 Å². The van der Waals surface area contributed by atoms with Crippen LogP contribution in [0.5, 0.6) is 0 Å². The quantitative estimate of drug-likeness (QED) is 0.683.